The van der Waals surface area contributed by atoms with Crippen molar-refractivity contribution in [1.29, 1.82) is 0 Å². The fraction of sp³-hybridized carbons (Fsp3) is 0.450. The minimum atomic E-state index is -0.277. The van der Waals surface area contributed by atoms with Crippen molar-refractivity contribution >= 4 is 28.3 Å². The van der Waals surface area contributed by atoms with E-state index < -0.39 is 0 Å². The SMILES string of the molecule is C[C@@H]1C[C@@H](C)CN(Cc2csc(NC(=O)CNC(=O)c3ccccc3)n2)C1. The lowest BCUT2D eigenvalue weighted by atomic mass is 9.92. The number of rotatable bonds is 6. The first-order chi connectivity index (χ1) is 13.0. The number of piperidine rings is 1. The Kier molecular flexibility index (Phi) is 6.58. The molecule has 6 nitrogen and oxygen atoms in total. The number of likely N-dealkylation sites (tertiary alicyclic amines) is 1. The van der Waals surface area contributed by atoms with Crippen molar-refractivity contribution in [1.82, 2.24) is 15.2 Å². The van der Waals surface area contributed by atoms with Gasteiger partial charge in [0.25, 0.3) is 5.91 Å². The number of hydrogen-bond donors (Lipinski definition) is 2. The van der Waals surface area contributed by atoms with Crippen molar-refractivity contribution in [3.05, 3.63) is 47.0 Å². The molecule has 1 aromatic heterocycles. The summed E-state index contributed by atoms with van der Waals surface area (Å²) < 4.78 is 0. The molecule has 0 spiro atoms. The molecule has 0 unspecified atom stereocenters. The number of benzene rings is 1. The Balaban J connectivity index is 1.46. The highest BCUT2D eigenvalue weighted by atomic mass is 32.1. The number of nitrogens with zero attached hydrogens (tertiary/aromatic N) is 2. The predicted molar refractivity (Wildman–Crippen MR) is 108 cm³/mol. The lowest BCUT2D eigenvalue weighted by Gasteiger charge is -2.34. The Morgan fingerprint density at radius 2 is 1.89 bits per heavy atom. The summed E-state index contributed by atoms with van der Waals surface area (Å²) in [4.78, 5) is 31.0. The minimum Gasteiger partial charge on any atom is -0.343 e. The van der Waals surface area contributed by atoms with Gasteiger partial charge in [0.15, 0.2) is 5.13 Å². The van der Waals surface area contributed by atoms with Crippen molar-refractivity contribution in [3.63, 3.8) is 0 Å². The smallest absolute Gasteiger partial charge is 0.251 e. The Bertz CT molecular complexity index is 767. The van der Waals surface area contributed by atoms with Gasteiger partial charge in [-0.05, 0) is 30.4 Å². The first-order valence-corrected chi connectivity index (χ1v) is 10.2. The minimum absolute atomic E-state index is 0.0796. The van der Waals surface area contributed by atoms with Crippen LogP contribution in [0.3, 0.4) is 0 Å². The molecule has 2 heterocycles. The summed E-state index contributed by atoms with van der Waals surface area (Å²) in [7, 11) is 0. The number of hydrogen-bond acceptors (Lipinski definition) is 5. The molecule has 144 valence electrons. The molecule has 2 N–H and O–H groups in total. The van der Waals surface area contributed by atoms with Crippen molar-refractivity contribution in [2.75, 3.05) is 25.0 Å². The summed E-state index contributed by atoms with van der Waals surface area (Å²) in [6.45, 7) is 7.50. The maximum Gasteiger partial charge on any atom is 0.251 e. The molecule has 1 aromatic carbocycles. The molecule has 27 heavy (non-hydrogen) atoms. The molecule has 0 bridgehead atoms. The molecule has 7 heteroatoms. The highest BCUT2D eigenvalue weighted by Crippen LogP contribution is 2.23. The number of amides is 2. The van der Waals surface area contributed by atoms with E-state index in [-0.39, 0.29) is 18.4 Å². The summed E-state index contributed by atoms with van der Waals surface area (Å²) >= 11 is 1.42. The second-order valence-corrected chi connectivity index (χ2v) is 8.24. The van der Waals surface area contributed by atoms with Crippen LogP contribution in [0.1, 0.15) is 36.3 Å². The van der Waals surface area contributed by atoms with E-state index in [2.05, 4.69) is 34.4 Å². The van der Waals surface area contributed by atoms with E-state index in [1.54, 1.807) is 24.3 Å². The number of carbonyl (C=O) groups excluding carboxylic acids is 2. The lowest BCUT2D eigenvalue weighted by molar-refractivity contribution is -0.115. The molecule has 2 aromatic rings. The van der Waals surface area contributed by atoms with Gasteiger partial charge in [-0.1, -0.05) is 32.0 Å². The Morgan fingerprint density at radius 3 is 2.59 bits per heavy atom. The molecule has 3 rings (SSSR count). The number of anilines is 1. The molecule has 0 saturated carbocycles. The van der Waals surface area contributed by atoms with Crippen molar-refractivity contribution < 1.29 is 9.59 Å². The van der Waals surface area contributed by atoms with Crippen LogP contribution in [0.5, 0.6) is 0 Å². The summed E-state index contributed by atoms with van der Waals surface area (Å²) in [6, 6.07) is 8.84. The number of nitrogens with one attached hydrogen (secondary N) is 2. The van der Waals surface area contributed by atoms with Gasteiger partial charge in [-0.25, -0.2) is 4.98 Å². The lowest BCUT2D eigenvalue weighted by Crippen LogP contribution is -2.38. The van der Waals surface area contributed by atoms with Crippen LogP contribution >= 0.6 is 11.3 Å². The van der Waals surface area contributed by atoms with Crippen LogP contribution in [0.4, 0.5) is 5.13 Å². The quantitative estimate of drug-likeness (QED) is 0.800. The van der Waals surface area contributed by atoms with E-state index in [1.165, 1.54) is 17.8 Å². The van der Waals surface area contributed by atoms with Crippen LogP contribution in [0.25, 0.3) is 0 Å². The second-order valence-electron chi connectivity index (χ2n) is 7.38. The molecule has 0 radical (unpaired) electrons. The van der Waals surface area contributed by atoms with E-state index in [0.29, 0.717) is 22.5 Å². The number of thiazole rings is 1. The Hall–Kier alpha value is -2.25. The van der Waals surface area contributed by atoms with Crippen LogP contribution in [-0.2, 0) is 11.3 Å². The third-order valence-electron chi connectivity index (χ3n) is 4.57. The van der Waals surface area contributed by atoms with E-state index >= 15 is 0 Å². The van der Waals surface area contributed by atoms with Crippen molar-refractivity contribution in [2.45, 2.75) is 26.8 Å². The van der Waals surface area contributed by atoms with Gasteiger partial charge in [0.2, 0.25) is 5.91 Å². The summed E-state index contributed by atoms with van der Waals surface area (Å²) in [6.07, 6.45) is 1.28. The zero-order chi connectivity index (χ0) is 19.2. The highest BCUT2D eigenvalue weighted by Gasteiger charge is 2.22. The van der Waals surface area contributed by atoms with Gasteiger partial charge < -0.3 is 10.6 Å². The van der Waals surface area contributed by atoms with Gasteiger partial charge in [-0.2, -0.15) is 0 Å². The molecule has 2 atom stereocenters. The van der Waals surface area contributed by atoms with E-state index in [4.69, 9.17) is 0 Å². The van der Waals surface area contributed by atoms with Crippen LogP contribution in [0.2, 0.25) is 0 Å². The van der Waals surface area contributed by atoms with Crippen molar-refractivity contribution in [2.24, 2.45) is 11.8 Å². The molecule has 1 aliphatic rings. The first-order valence-electron chi connectivity index (χ1n) is 9.29. The topological polar surface area (TPSA) is 74.3 Å². The normalized spacial score (nSPS) is 20.2. The fourth-order valence-corrected chi connectivity index (χ4v) is 4.32. The largest absolute Gasteiger partial charge is 0.343 e. The monoisotopic (exact) mass is 386 g/mol. The maximum atomic E-state index is 12.1. The zero-order valence-electron chi connectivity index (χ0n) is 15.8. The summed E-state index contributed by atoms with van der Waals surface area (Å²) in [5, 5.41) is 7.94. The maximum absolute atomic E-state index is 12.1. The summed E-state index contributed by atoms with van der Waals surface area (Å²) in [5.41, 5.74) is 1.51. The van der Waals surface area contributed by atoms with E-state index in [0.717, 1.165) is 25.3 Å². The number of aromatic nitrogens is 1. The van der Waals surface area contributed by atoms with Gasteiger partial charge in [0.05, 0.1) is 12.2 Å². The van der Waals surface area contributed by atoms with Gasteiger partial charge >= 0.3 is 0 Å². The first kappa shape index (κ1) is 19.5. The van der Waals surface area contributed by atoms with Crippen LogP contribution < -0.4 is 10.6 Å². The van der Waals surface area contributed by atoms with Gasteiger partial charge in [0, 0.05) is 30.6 Å². The van der Waals surface area contributed by atoms with Gasteiger partial charge in [-0.15, -0.1) is 11.3 Å². The van der Waals surface area contributed by atoms with Crippen LogP contribution in [0, 0.1) is 11.8 Å². The predicted octanol–water partition coefficient (Wildman–Crippen LogP) is 2.99. The van der Waals surface area contributed by atoms with E-state index in [9.17, 15) is 9.59 Å². The molecule has 0 aliphatic carbocycles. The third kappa shape index (κ3) is 5.87. The average molecular weight is 387 g/mol. The highest BCUT2D eigenvalue weighted by molar-refractivity contribution is 7.13. The van der Waals surface area contributed by atoms with Crippen molar-refractivity contribution in [3.8, 4) is 0 Å². The standard InChI is InChI=1S/C20H26N4O2S/c1-14-8-15(2)11-24(10-14)12-17-13-27-20(22-17)23-18(25)9-21-19(26)16-6-4-3-5-7-16/h3-7,13-15H,8-12H2,1-2H3,(H,21,26)(H,22,23,25)/t14-,15-/m1/s1. The Morgan fingerprint density at radius 1 is 1.19 bits per heavy atom. The van der Waals surface area contributed by atoms with E-state index in [1.807, 2.05) is 11.4 Å². The number of carbonyl (C=O) groups is 2. The second kappa shape index (κ2) is 9.10. The third-order valence-corrected chi connectivity index (χ3v) is 5.38. The average Bonchev–Trinajstić information content (AvgIpc) is 3.06. The molecular formula is C20H26N4O2S. The summed E-state index contributed by atoms with van der Waals surface area (Å²) in [5.74, 6) is 0.874. The van der Waals surface area contributed by atoms with Gasteiger partial charge in [-0.3, -0.25) is 14.5 Å². The molecular weight excluding hydrogens is 360 g/mol. The molecule has 1 aliphatic heterocycles. The molecule has 1 saturated heterocycles. The van der Waals surface area contributed by atoms with Gasteiger partial charge in [0.1, 0.15) is 0 Å². The van der Waals surface area contributed by atoms with Crippen LogP contribution in [0.15, 0.2) is 35.7 Å². The zero-order valence-corrected chi connectivity index (χ0v) is 16.6. The molecule has 1 fully saturated rings. The molecule has 2 amide bonds. The van der Waals surface area contributed by atoms with Crippen LogP contribution in [-0.4, -0.2) is 41.3 Å². The fourth-order valence-electron chi connectivity index (χ4n) is 3.60. The Labute approximate surface area is 164 Å².